The predicted octanol–water partition coefficient (Wildman–Crippen LogP) is 3.39. The van der Waals surface area contributed by atoms with Crippen molar-refractivity contribution in [3.8, 4) is 5.75 Å². The van der Waals surface area contributed by atoms with Crippen LogP contribution in [0.5, 0.6) is 5.75 Å². The number of methoxy groups -OCH3 is 1. The Morgan fingerprint density at radius 2 is 1.91 bits per heavy atom. The molecule has 1 aromatic heterocycles. The van der Waals surface area contributed by atoms with Crippen molar-refractivity contribution in [1.82, 2.24) is 10.2 Å². The first kappa shape index (κ1) is 19.6. The van der Waals surface area contributed by atoms with Gasteiger partial charge in [-0.2, -0.15) is 0 Å². The number of nitrogens with two attached hydrogens (primary N) is 1. The third kappa shape index (κ3) is 5.94. The van der Waals surface area contributed by atoms with E-state index in [1.54, 1.807) is 18.4 Å². The third-order valence-corrected chi connectivity index (χ3v) is 4.19. The van der Waals surface area contributed by atoms with Gasteiger partial charge in [-0.15, -0.1) is 34.2 Å². The summed E-state index contributed by atoms with van der Waals surface area (Å²) in [6.45, 7) is 6.75. The van der Waals surface area contributed by atoms with Gasteiger partial charge >= 0.3 is 0 Å². The lowest BCUT2D eigenvalue weighted by Crippen LogP contribution is -2.22. The van der Waals surface area contributed by atoms with Gasteiger partial charge in [0.05, 0.1) is 13.7 Å². The van der Waals surface area contributed by atoms with Crippen LogP contribution in [0.15, 0.2) is 29.3 Å². The van der Waals surface area contributed by atoms with E-state index >= 15 is 0 Å². The second-order valence-electron chi connectivity index (χ2n) is 5.81. The number of ether oxygens (including phenoxy) is 1. The van der Waals surface area contributed by atoms with E-state index in [0.29, 0.717) is 12.5 Å². The van der Waals surface area contributed by atoms with Gasteiger partial charge in [-0.25, -0.2) is 4.99 Å². The first-order chi connectivity index (χ1) is 10.4. The Balaban J connectivity index is 0.00000264. The Kier molecular flexibility index (Phi) is 7.20. The SMILES string of the molecule is COc1ccc(NC(N)=NCc2nnc(C(C)(C)C)s2)cc1.I. The fourth-order valence-electron chi connectivity index (χ4n) is 1.64. The van der Waals surface area contributed by atoms with Gasteiger partial charge in [0, 0.05) is 11.1 Å². The highest BCUT2D eigenvalue weighted by molar-refractivity contribution is 14.0. The average Bonchev–Trinajstić information content (AvgIpc) is 2.95. The van der Waals surface area contributed by atoms with Crippen LogP contribution in [-0.2, 0) is 12.0 Å². The van der Waals surface area contributed by atoms with Gasteiger partial charge in [0.2, 0.25) is 0 Å². The maximum atomic E-state index is 5.88. The van der Waals surface area contributed by atoms with Gasteiger partial charge in [-0.3, -0.25) is 0 Å². The van der Waals surface area contributed by atoms with Crippen LogP contribution in [0.4, 0.5) is 5.69 Å². The van der Waals surface area contributed by atoms with Crippen LogP contribution in [-0.4, -0.2) is 23.3 Å². The summed E-state index contributed by atoms with van der Waals surface area (Å²) in [5.74, 6) is 1.14. The number of hydrogen-bond acceptors (Lipinski definition) is 5. The molecular weight excluding hydrogens is 425 g/mol. The average molecular weight is 447 g/mol. The largest absolute Gasteiger partial charge is 0.497 e. The maximum Gasteiger partial charge on any atom is 0.193 e. The number of nitrogens with zero attached hydrogens (tertiary/aromatic N) is 3. The summed E-state index contributed by atoms with van der Waals surface area (Å²) in [6.07, 6.45) is 0. The molecule has 0 aliphatic carbocycles. The summed E-state index contributed by atoms with van der Waals surface area (Å²) < 4.78 is 5.11. The van der Waals surface area contributed by atoms with Gasteiger partial charge in [0.15, 0.2) is 5.96 Å². The molecule has 8 heteroatoms. The Morgan fingerprint density at radius 1 is 1.26 bits per heavy atom. The zero-order chi connectivity index (χ0) is 16.2. The molecule has 0 unspecified atom stereocenters. The number of rotatable bonds is 4. The van der Waals surface area contributed by atoms with Crippen LogP contribution in [0.3, 0.4) is 0 Å². The van der Waals surface area contributed by atoms with Crippen molar-refractivity contribution < 1.29 is 4.74 Å². The van der Waals surface area contributed by atoms with Crippen molar-refractivity contribution >= 4 is 47.0 Å². The molecule has 6 nitrogen and oxygen atoms in total. The molecule has 0 amide bonds. The summed E-state index contributed by atoms with van der Waals surface area (Å²) in [5.41, 5.74) is 6.74. The lowest BCUT2D eigenvalue weighted by molar-refractivity contribution is 0.415. The van der Waals surface area contributed by atoms with E-state index in [9.17, 15) is 0 Å². The minimum atomic E-state index is 0. The lowest BCUT2D eigenvalue weighted by Gasteiger charge is -2.12. The smallest absolute Gasteiger partial charge is 0.193 e. The summed E-state index contributed by atoms with van der Waals surface area (Å²) in [7, 11) is 1.63. The number of guanidine groups is 1. The number of aliphatic imine (C=N–C) groups is 1. The van der Waals surface area contributed by atoms with E-state index in [4.69, 9.17) is 10.5 Å². The van der Waals surface area contributed by atoms with E-state index in [1.165, 1.54) is 0 Å². The summed E-state index contributed by atoms with van der Waals surface area (Å²) in [4.78, 5) is 4.29. The molecule has 0 spiro atoms. The third-order valence-electron chi connectivity index (χ3n) is 2.86. The van der Waals surface area contributed by atoms with Gasteiger partial charge in [-0.1, -0.05) is 32.1 Å². The first-order valence-electron chi connectivity index (χ1n) is 6.92. The molecule has 0 bridgehead atoms. The molecular formula is C15H22IN5OS. The predicted molar refractivity (Wildman–Crippen MR) is 106 cm³/mol. The van der Waals surface area contributed by atoms with Crippen molar-refractivity contribution in [3.05, 3.63) is 34.3 Å². The fraction of sp³-hybridized carbons (Fsp3) is 0.400. The van der Waals surface area contributed by atoms with Gasteiger partial charge in [-0.05, 0) is 24.3 Å². The molecule has 0 saturated heterocycles. The molecule has 0 saturated carbocycles. The molecule has 126 valence electrons. The zero-order valence-corrected chi connectivity index (χ0v) is 16.8. The quantitative estimate of drug-likeness (QED) is 0.427. The normalized spacial score (nSPS) is 11.7. The highest BCUT2D eigenvalue weighted by atomic mass is 127. The zero-order valence-electron chi connectivity index (χ0n) is 13.7. The topological polar surface area (TPSA) is 85.4 Å². The Bertz CT molecular complexity index is 649. The van der Waals surface area contributed by atoms with E-state index < -0.39 is 0 Å². The van der Waals surface area contributed by atoms with E-state index in [0.717, 1.165) is 21.5 Å². The number of nitrogens with one attached hydrogen (secondary N) is 1. The van der Waals surface area contributed by atoms with Crippen LogP contribution < -0.4 is 15.8 Å². The number of hydrogen-bond donors (Lipinski definition) is 2. The number of halogens is 1. The molecule has 0 fully saturated rings. The fourth-order valence-corrected chi connectivity index (χ4v) is 2.46. The van der Waals surface area contributed by atoms with Crippen LogP contribution in [0.2, 0.25) is 0 Å². The van der Waals surface area contributed by atoms with Gasteiger partial charge < -0.3 is 15.8 Å². The van der Waals surface area contributed by atoms with Crippen molar-refractivity contribution in [1.29, 1.82) is 0 Å². The van der Waals surface area contributed by atoms with E-state index in [1.807, 2.05) is 24.3 Å². The lowest BCUT2D eigenvalue weighted by atomic mass is 9.98. The summed E-state index contributed by atoms with van der Waals surface area (Å²) in [5, 5.41) is 13.2. The van der Waals surface area contributed by atoms with E-state index in [-0.39, 0.29) is 29.4 Å². The summed E-state index contributed by atoms with van der Waals surface area (Å²) in [6, 6.07) is 7.47. The van der Waals surface area contributed by atoms with Crippen LogP contribution in [0.25, 0.3) is 0 Å². The van der Waals surface area contributed by atoms with Crippen molar-refractivity contribution in [3.63, 3.8) is 0 Å². The molecule has 2 aromatic rings. The van der Waals surface area contributed by atoms with Crippen LogP contribution >= 0.6 is 35.3 Å². The minimum absolute atomic E-state index is 0. The van der Waals surface area contributed by atoms with Crippen molar-refractivity contribution in [2.45, 2.75) is 32.7 Å². The highest BCUT2D eigenvalue weighted by Crippen LogP contribution is 2.25. The molecule has 0 atom stereocenters. The Labute approximate surface area is 157 Å². The molecule has 0 aliphatic heterocycles. The molecule has 23 heavy (non-hydrogen) atoms. The van der Waals surface area contributed by atoms with Gasteiger partial charge in [0.1, 0.15) is 15.8 Å². The van der Waals surface area contributed by atoms with Crippen molar-refractivity contribution in [2.75, 3.05) is 12.4 Å². The first-order valence-corrected chi connectivity index (χ1v) is 7.74. The number of benzene rings is 1. The Morgan fingerprint density at radius 3 is 2.43 bits per heavy atom. The molecule has 2 rings (SSSR count). The molecule has 0 radical (unpaired) electrons. The molecule has 3 N–H and O–H groups in total. The van der Waals surface area contributed by atoms with Crippen LogP contribution in [0, 0.1) is 0 Å². The van der Waals surface area contributed by atoms with E-state index in [2.05, 4.69) is 41.3 Å². The maximum absolute atomic E-state index is 5.88. The second kappa shape index (κ2) is 8.44. The highest BCUT2D eigenvalue weighted by Gasteiger charge is 2.19. The Hall–Kier alpha value is -1.42. The monoisotopic (exact) mass is 447 g/mol. The van der Waals surface area contributed by atoms with Crippen LogP contribution in [0.1, 0.15) is 30.8 Å². The molecule has 1 heterocycles. The molecule has 1 aromatic carbocycles. The standard InChI is InChI=1S/C15H21N5OS.HI/c1-15(2,3)13-20-19-12(22-13)9-17-14(16)18-10-5-7-11(21-4)8-6-10;/h5-8H,9H2,1-4H3,(H3,16,17,18);1H. The van der Waals surface area contributed by atoms with Crippen molar-refractivity contribution in [2.24, 2.45) is 10.7 Å². The minimum Gasteiger partial charge on any atom is -0.497 e. The number of anilines is 1. The number of aromatic nitrogens is 2. The van der Waals surface area contributed by atoms with Gasteiger partial charge in [0.25, 0.3) is 0 Å². The molecule has 0 aliphatic rings. The second-order valence-corrected chi connectivity index (χ2v) is 6.87. The summed E-state index contributed by atoms with van der Waals surface area (Å²) >= 11 is 1.56.